The molecule has 5 nitrogen and oxygen atoms in total. The van der Waals surface area contributed by atoms with Crippen LogP contribution in [0.2, 0.25) is 0 Å². The first-order valence-electron chi connectivity index (χ1n) is 4.86. The van der Waals surface area contributed by atoms with Crippen molar-refractivity contribution in [2.75, 3.05) is 18.2 Å². The van der Waals surface area contributed by atoms with E-state index >= 15 is 0 Å². The molecule has 2 aromatic rings. The summed E-state index contributed by atoms with van der Waals surface area (Å²) in [5, 5.41) is 6.77. The lowest BCUT2D eigenvalue weighted by Crippen LogP contribution is -2.02. The number of nitrogens with one attached hydrogen (secondary N) is 1. The molecule has 2 rings (SSSR count). The van der Waals surface area contributed by atoms with Gasteiger partial charge in [-0.15, -0.1) is 0 Å². The van der Waals surface area contributed by atoms with E-state index in [-0.39, 0.29) is 0 Å². The maximum atomic E-state index is 5.82. The van der Waals surface area contributed by atoms with E-state index in [1.807, 2.05) is 12.1 Å². The molecule has 1 heterocycles. The van der Waals surface area contributed by atoms with E-state index < -0.39 is 0 Å². The fourth-order valence-corrected chi connectivity index (χ4v) is 1.33. The largest absolute Gasteiger partial charge is 0.497 e. The van der Waals surface area contributed by atoms with Crippen LogP contribution in [0.1, 0.15) is 5.76 Å². The van der Waals surface area contributed by atoms with Gasteiger partial charge >= 0.3 is 0 Å². The third-order valence-electron chi connectivity index (χ3n) is 2.20. The number of nitrogen functional groups attached to an aromatic ring is 1. The Labute approximate surface area is 93.2 Å². The molecule has 0 unspecified atom stereocenters. The van der Waals surface area contributed by atoms with Gasteiger partial charge in [0, 0.05) is 12.1 Å². The molecule has 0 bridgehead atoms. The van der Waals surface area contributed by atoms with Crippen molar-refractivity contribution in [1.82, 2.24) is 5.16 Å². The van der Waals surface area contributed by atoms with Crippen molar-refractivity contribution in [2.24, 2.45) is 0 Å². The predicted octanol–water partition coefficient (Wildman–Crippen LogP) is 1.88. The number of hydrogen-bond acceptors (Lipinski definition) is 5. The topological polar surface area (TPSA) is 73.3 Å². The van der Waals surface area contributed by atoms with Gasteiger partial charge in [0.1, 0.15) is 5.75 Å². The van der Waals surface area contributed by atoms with Gasteiger partial charge in [-0.25, -0.2) is 0 Å². The summed E-state index contributed by atoms with van der Waals surface area (Å²) in [5.41, 5.74) is 7.30. The molecule has 0 saturated carbocycles. The highest BCUT2D eigenvalue weighted by atomic mass is 16.5. The Bertz CT molecular complexity index is 454. The van der Waals surface area contributed by atoms with Gasteiger partial charge in [-0.05, 0) is 12.1 Å². The number of ether oxygens (including phenoxy) is 1. The second-order valence-corrected chi connectivity index (χ2v) is 3.29. The Morgan fingerprint density at radius 1 is 1.44 bits per heavy atom. The molecule has 0 fully saturated rings. The summed E-state index contributed by atoms with van der Waals surface area (Å²) in [6.07, 6.45) is 1.60. The van der Waals surface area contributed by atoms with Crippen molar-refractivity contribution >= 4 is 11.4 Å². The first kappa shape index (κ1) is 10.4. The highest BCUT2D eigenvalue weighted by Crippen LogP contribution is 2.24. The maximum Gasteiger partial charge on any atom is 0.155 e. The summed E-state index contributed by atoms with van der Waals surface area (Å²) in [6, 6.07) is 7.24. The molecule has 1 aromatic heterocycles. The van der Waals surface area contributed by atoms with Crippen LogP contribution in [0.15, 0.2) is 35.0 Å². The summed E-state index contributed by atoms with van der Waals surface area (Å²) in [5.74, 6) is 1.51. The minimum absolute atomic E-state index is 0.539. The monoisotopic (exact) mass is 219 g/mol. The van der Waals surface area contributed by atoms with Gasteiger partial charge in [0.25, 0.3) is 0 Å². The van der Waals surface area contributed by atoms with E-state index in [4.69, 9.17) is 15.0 Å². The van der Waals surface area contributed by atoms with Gasteiger partial charge in [-0.1, -0.05) is 5.16 Å². The van der Waals surface area contributed by atoms with E-state index in [1.165, 1.54) is 0 Å². The number of aromatic nitrogens is 1. The first-order valence-corrected chi connectivity index (χ1v) is 4.86. The zero-order valence-electron chi connectivity index (χ0n) is 8.93. The molecule has 0 aliphatic rings. The third-order valence-corrected chi connectivity index (χ3v) is 2.20. The van der Waals surface area contributed by atoms with Crippen LogP contribution >= 0.6 is 0 Å². The molecule has 5 heteroatoms. The van der Waals surface area contributed by atoms with Crippen molar-refractivity contribution in [2.45, 2.75) is 6.54 Å². The Hall–Kier alpha value is -2.17. The van der Waals surface area contributed by atoms with Crippen molar-refractivity contribution in [1.29, 1.82) is 0 Å². The molecule has 0 spiro atoms. The molecule has 84 valence electrons. The van der Waals surface area contributed by atoms with Crippen LogP contribution < -0.4 is 15.8 Å². The number of anilines is 2. The highest BCUT2D eigenvalue weighted by molar-refractivity contribution is 5.68. The lowest BCUT2D eigenvalue weighted by Gasteiger charge is -2.09. The van der Waals surface area contributed by atoms with Crippen LogP contribution in [0.4, 0.5) is 11.4 Å². The lowest BCUT2D eigenvalue weighted by molar-refractivity contribution is 0.388. The van der Waals surface area contributed by atoms with Crippen LogP contribution in [0.25, 0.3) is 0 Å². The van der Waals surface area contributed by atoms with E-state index in [0.717, 1.165) is 17.2 Å². The third kappa shape index (κ3) is 2.25. The Morgan fingerprint density at radius 2 is 2.31 bits per heavy atom. The minimum Gasteiger partial charge on any atom is -0.497 e. The molecule has 0 atom stereocenters. The van der Waals surface area contributed by atoms with Crippen molar-refractivity contribution < 1.29 is 9.26 Å². The average Bonchev–Trinajstić information content (AvgIpc) is 2.81. The summed E-state index contributed by atoms with van der Waals surface area (Å²) in [4.78, 5) is 0. The lowest BCUT2D eigenvalue weighted by atomic mass is 10.2. The normalized spacial score (nSPS) is 10.1. The summed E-state index contributed by atoms with van der Waals surface area (Å²) < 4.78 is 10.1. The molecule has 3 N–H and O–H groups in total. The van der Waals surface area contributed by atoms with Crippen molar-refractivity contribution in [3.8, 4) is 5.75 Å². The van der Waals surface area contributed by atoms with E-state index in [9.17, 15) is 0 Å². The summed E-state index contributed by atoms with van der Waals surface area (Å²) in [6.45, 7) is 0.539. The fourth-order valence-electron chi connectivity index (χ4n) is 1.33. The molecule has 0 aliphatic heterocycles. The van der Waals surface area contributed by atoms with E-state index in [2.05, 4.69) is 10.5 Å². The second-order valence-electron chi connectivity index (χ2n) is 3.29. The molecule has 0 saturated heterocycles. The first-order chi connectivity index (χ1) is 7.79. The molecular formula is C11H13N3O2. The van der Waals surface area contributed by atoms with Gasteiger partial charge in [-0.2, -0.15) is 0 Å². The van der Waals surface area contributed by atoms with E-state index in [1.54, 1.807) is 25.4 Å². The number of benzene rings is 1. The van der Waals surface area contributed by atoms with Crippen molar-refractivity contribution in [3.63, 3.8) is 0 Å². The standard InChI is InChI=1S/C11H13N3O2/c1-15-8-2-3-10(12)11(6-8)13-7-9-4-5-14-16-9/h2-6,13H,7,12H2,1H3. The number of nitrogens with zero attached hydrogens (tertiary/aromatic N) is 1. The van der Waals surface area contributed by atoms with Gasteiger partial charge < -0.3 is 20.3 Å². The molecule has 0 radical (unpaired) electrons. The zero-order valence-corrected chi connectivity index (χ0v) is 8.93. The van der Waals surface area contributed by atoms with Crippen LogP contribution in [-0.2, 0) is 6.54 Å². The van der Waals surface area contributed by atoms with E-state index in [0.29, 0.717) is 12.2 Å². The minimum atomic E-state index is 0.539. The Balaban J connectivity index is 2.08. The smallest absolute Gasteiger partial charge is 0.155 e. The average molecular weight is 219 g/mol. The number of methoxy groups -OCH3 is 1. The Kier molecular flexibility index (Phi) is 2.95. The quantitative estimate of drug-likeness (QED) is 0.768. The summed E-state index contributed by atoms with van der Waals surface area (Å²) in [7, 11) is 1.62. The molecule has 0 aliphatic carbocycles. The van der Waals surface area contributed by atoms with Gasteiger partial charge in [-0.3, -0.25) is 0 Å². The van der Waals surface area contributed by atoms with Gasteiger partial charge in [0.05, 0.1) is 31.2 Å². The second kappa shape index (κ2) is 4.57. The molecule has 0 amide bonds. The number of hydrogen-bond donors (Lipinski definition) is 2. The molecule has 1 aromatic carbocycles. The van der Waals surface area contributed by atoms with Gasteiger partial charge in [0.2, 0.25) is 0 Å². The summed E-state index contributed by atoms with van der Waals surface area (Å²) >= 11 is 0. The number of rotatable bonds is 4. The fraction of sp³-hybridized carbons (Fsp3) is 0.182. The highest BCUT2D eigenvalue weighted by Gasteiger charge is 2.02. The van der Waals surface area contributed by atoms with Crippen LogP contribution in [0, 0.1) is 0 Å². The van der Waals surface area contributed by atoms with Crippen LogP contribution in [0.5, 0.6) is 5.75 Å². The molecular weight excluding hydrogens is 206 g/mol. The molecule has 16 heavy (non-hydrogen) atoms. The predicted molar refractivity (Wildman–Crippen MR) is 61.2 cm³/mol. The van der Waals surface area contributed by atoms with Gasteiger partial charge in [0.15, 0.2) is 5.76 Å². The maximum absolute atomic E-state index is 5.82. The SMILES string of the molecule is COc1ccc(N)c(NCc2ccno2)c1. The van der Waals surface area contributed by atoms with Crippen molar-refractivity contribution in [3.05, 3.63) is 36.2 Å². The van der Waals surface area contributed by atoms with Crippen LogP contribution in [0.3, 0.4) is 0 Å². The van der Waals surface area contributed by atoms with Crippen LogP contribution in [-0.4, -0.2) is 12.3 Å². The number of nitrogens with two attached hydrogens (primary N) is 1. The Morgan fingerprint density at radius 3 is 3.00 bits per heavy atom. The zero-order chi connectivity index (χ0) is 11.4.